The molecule has 0 bridgehead atoms. The number of hydrogen-bond acceptors (Lipinski definition) is 3. The monoisotopic (exact) mass is 205 g/mol. The minimum absolute atomic E-state index is 0.132. The third-order valence-corrected chi connectivity index (χ3v) is 1.87. The van der Waals surface area contributed by atoms with Crippen molar-refractivity contribution in [1.29, 1.82) is 0 Å². The SMILES string of the molecule is CC/C=C/C(=O)c1ccccc1[N+](=O)[O-]. The highest BCUT2D eigenvalue weighted by atomic mass is 16.6. The van der Waals surface area contributed by atoms with E-state index in [0.29, 0.717) is 0 Å². The standard InChI is InChI=1S/C11H11NO3/c1-2-3-8-11(13)9-6-4-5-7-10(9)12(14)15/h3-8H,2H2,1H3/b8-3+. The van der Waals surface area contributed by atoms with Gasteiger partial charge in [0, 0.05) is 6.07 Å². The zero-order valence-electron chi connectivity index (χ0n) is 8.34. The number of rotatable bonds is 4. The number of nitrogens with zero attached hydrogens (tertiary/aromatic N) is 1. The molecular weight excluding hydrogens is 194 g/mol. The lowest BCUT2D eigenvalue weighted by molar-refractivity contribution is -0.385. The van der Waals surface area contributed by atoms with Gasteiger partial charge in [0.15, 0.2) is 5.78 Å². The lowest BCUT2D eigenvalue weighted by atomic mass is 10.1. The maximum Gasteiger partial charge on any atom is 0.280 e. The number of benzene rings is 1. The summed E-state index contributed by atoms with van der Waals surface area (Å²) in [6.45, 7) is 1.89. The van der Waals surface area contributed by atoms with Gasteiger partial charge in [-0.2, -0.15) is 0 Å². The molecule has 4 nitrogen and oxygen atoms in total. The van der Waals surface area contributed by atoms with E-state index in [-0.39, 0.29) is 17.0 Å². The van der Waals surface area contributed by atoms with Crippen molar-refractivity contribution >= 4 is 11.5 Å². The molecule has 0 aliphatic carbocycles. The maximum absolute atomic E-state index is 11.5. The second-order valence-electron chi connectivity index (χ2n) is 2.95. The van der Waals surface area contributed by atoms with Gasteiger partial charge in [0.1, 0.15) is 0 Å². The van der Waals surface area contributed by atoms with Crippen LogP contribution in [0, 0.1) is 10.1 Å². The zero-order valence-corrected chi connectivity index (χ0v) is 8.34. The Kier molecular flexibility index (Phi) is 3.74. The van der Waals surface area contributed by atoms with Crippen LogP contribution in [0.1, 0.15) is 23.7 Å². The molecule has 1 rings (SSSR count). The second-order valence-corrected chi connectivity index (χ2v) is 2.95. The van der Waals surface area contributed by atoms with Gasteiger partial charge < -0.3 is 0 Å². The third-order valence-electron chi connectivity index (χ3n) is 1.87. The number of allylic oxidation sites excluding steroid dienone is 2. The molecule has 4 heteroatoms. The Balaban J connectivity index is 3.08. The van der Waals surface area contributed by atoms with Crippen LogP contribution in [0.3, 0.4) is 0 Å². The normalized spacial score (nSPS) is 10.5. The quantitative estimate of drug-likeness (QED) is 0.328. The molecule has 1 aromatic carbocycles. The molecule has 0 saturated carbocycles. The predicted molar refractivity (Wildman–Crippen MR) is 56.9 cm³/mol. The highest BCUT2D eigenvalue weighted by Crippen LogP contribution is 2.18. The summed E-state index contributed by atoms with van der Waals surface area (Å²) in [6.07, 6.45) is 3.77. The molecule has 0 N–H and O–H groups in total. The van der Waals surface area contributed by atoms with Crippen LogP contribution in [0.15, 0.2) is 36.4 Å². The van der Waals surface area contributed by atoms with E-state index in [4.69, 9.17) is 0 Å². The molecule has 78 valence electrons. The summed E-state index contributed by atoms with van der Waals surface area (Å²) < 4.78 is 0. The van der Waals surface area contributed by atoms with Gasteiger partial charge in [-0.15, -0.1) is 0 Å². The molecule has 0 atom stereocenters. The third kappa shape index (κ3) is 2.74. The molecule has 0 aliphatic heterocycles. The summed E-state index contributed by atoms with van der Waals surface area (Å²) in [7, 11) is 0. The maximum atomic E-state index is 11.5. The fourth-order valence-electron chi connectivity index (χ4n) is 1.16. The second kappa shape index (κ2) is 5.05. The Hall–Kier alpha value is -1.97. The van der Waals surface area contributed by atoms with Gasteiger partial charge in [0.05, 0.1) is 10.5 Å². The molecule has 0 saturated heterocycles. The van der Waals surface area contributed by atoms with E-state index in [0.717, 1.165) is 6.42 Å². The molecule has 0 radical (unpaired) electrons. The van der Waals surface area contributed by atoms with Gasteiger partial charge in [-0.3, -0.25) is 14.9 Å². The summed E-state index contributed by atoms with van der Waals surface area (Å²) >= 11 is 0. The molecular formula is C11H11NO3. The van der Waals surface area contributed by atoms with Crippen LogP contribution in [-0.4, -0.2) is 10.7 Å². The summed E-state index contributed by atoms with van der Waals surface area (Å²) in [6, 6.07) is 5.94. The highest BCUT2D eigenvalue weighted by Gasteiger charge is 2.16. The van der Waals surface area contributed by atoms with Gasteiger partial charge in [-0.1, -0.05) is 25.1 Å². The number of nitro benzene ring substituents is 1. The van der Waals surface area contributed by atoms with E-state index in [1.54, 1.807) is 18.2 Å². The van der Waals surface area contributed by atoms with E-state index in [9.17, 15) is 14.9 Å². The number of ketones is 1. The fourth-order valence-corrected chi connectivity index (χ4v) is 1.16. The van der Waals surface area contributed by atoms with Crippen molar-refractivity contribution in [2.75, 3.05) is 0 Å². The van der Waals surface area contributed by atoms with Crippen molar-refractivity contribution in [3.8, 4) is 0 Å². The minimum Gasteiger partial charge on any atom is -0.289 e. The summed E-state index contributed by atoms with van der Waals surface area (Å²) in [5.74, 6) is -0.329. The van der Waals surface area contributed by atoms with Crippen molar-refractivity contribution in [3.05, 3.63) is 52.1 Å². The minimum atomic E-state index is -0.549. The number of carbonyl (C=O) groups excluding carboxylic acids is 1. The molecule has 1 aromatic rings. The number of para-hydroxylation sites is 1. The number of hydrogen-bond donors (Lipinski definition) is 0. The van der Waals surface area contributed by atoms with Gasteiger partial charge in [-0.25, -0.2) is 0 Å². The van der Waals surface area contributed by atoms with Crippen molar-refractivity contribution in [2.45, 2.75) is 13.3 Å². The Labute approximate surface area is 87.4 Å². The first-order chi connectivity index (χ1) is 7.16. The number of nitro groups is 1. The van der Waals surface area contributed by atoms with E-state index < -0.39 is 4.92 Å². The van der Waals surface area contributed by atoms with Gasteiger partial charge in [-0.05, 0) is 18.6 Å². The first kappa shape index (κ1) is 11.1. The summed E-state index contributed by atoms with van der Waals surface area (Å²) in [5, 5.41) is 10.6. The first-order valence-electron chi connectivity index (χ1n) is 4.61. The molecule has 15 heavy (non-hydrogen) atoms. The van der Waals surface area contributed by atoms with Crippen molar-refractivity contribution < 1.29 is 9.72 Å². The Morgan fingerprint density at radius 3 is 2.73 bits per heavy atom. The fraction of sp³-hybridized carbons (Fsp3) is 0.182. The molecule has 0 aliphatic rings. The summed E-state index contributed by atoms with van der Waals surface area (Å²) in [5.41, 5.74) is -0.0181. The van der Waals surface area contributed by atoms with Crippen LogP contribution in [0.2, 0.25) is 0 Å². The Bertz CT molecular complexity index is 410. The van der Waals surface area contributed by atoms with Gasteiger partial charge in [0.25, 0.3) is 5.69 Å². The highest BCUT2D eigenvalue weighted by molar-refractivity contribution is 6.07. The molecule has 0 spiro atoms. The Morgan fingerprint density at radius 1 is 1.47 bits per heavy atom. The van der Waals surface area contributed by atoms with E-state index in [2.05, 4.69) is 0 Å². The van der Waals surface area contributed by atoms with E-state index in [1.807, 2.05) is 6.92 Å². The van der Waals surface area contributed by atoms with Crippen LogP contribution in [-0.2, 0) is 0 Å². The lowest BCUT2D eigenvalue weighted by Crippen LogP contribution is -2.00. The lowest BCUT2D eigenvalue weighted by Gasteiger charge is -1.97. The molecule has 0 unspecified atom stereocenters. The van der Waals surface area contributed by atoms with Gasteiger partial charge >= 0.3 is 0 Å². The summed E-state index contributed by atoms with van der Waals surface area (Å²) in [4.78, 5) is 21.6. The zero-order chi connectivity index (χ0) is 11.3. The Morgan fingerprint density at radius 2 is 2.13 bits per heavy atom. The van der Waals surface area contributed by atoms with E-state index in [1.165, 1.54) is 18.2 Å². The molecule has 0 heterocycles. The van der Waals surface area contributed by atoms with Crippen LogP contribution in [0.4, 0.5) is 5.69 Å². The van der Waals surface area contributed by atoms with Crippen molar-refractivity contribution in [3.63, 3.8) is 0 Å². The van der Waals surface area contributed by atoms with Crippen molar-refractivity contribution in [2.24, 2.45) is 0 Å². The first-order valence-corrected chi connectivity index (χ1v) is 4.61. The van der Waals surface area contributed by atoms with E-state index >= 15 is 0 Å². The topological polar surface area (TPSA) is 60.2 Å². The smallest absolute Gasteiger partial charge is 0.280 e. The van der Waals surface area contributed by atoms with Crippen molar-refractivity contribution in [1.82, 2.24) is 0 Å². The van der Waals surface area contributed by atoms with Crippen LogP contribution in [0.5, 0.6) is 0 Å². The van der Waals surface area contributed by atoms with Gasteiger partial charge in [0.2, 0.25) is 0 Å². The molecule has 0 aromatic heterocycles. The van der Waals surface area contributed by atoms with Crippen LogP contribution < -0.4 is 0 Å². The molecule has 0 fully saturated rings. The number of carbonyl (C=O) groups is 1. The largest absolute Gasteiger partial charge is 0.289 e. The van der Waals surface area contributed by atoms with Crippen LogP contribution in [0.25, 0.3) is 0 Å². The van der Waals surface area contributed by atoms with Crippen LogP contribution >= 0.6 is 0 Å². The molecule has 0 amide bonds. The average Bonchev–Trinajstić information content (AvgIpc) is 2.25. The average molecular weight is 205 g/mol. The predicted octanol–water partition coefficient (Wildman–Crippen LogP) is 2.74.